The van der Waals surface area contributed by atoms with Crippen molar-refractivity contribution < 1.29 is 14.6 Å². The number of hydrogen-bond donors (Lipinski definition) is 3. The summed E-state index contributed by atoms with van der Waals surface area (Å²) in [5, 5.41) is 13.9. The van der Waals surface area contributed by atoms with Crippen LogP contribution in [-0.2, 0) is 11.3 Å². The summed E-state index contributed by atoms with van der Waals surface area (Å²) in [6.45, 7) is 0.438. The zero-order chi connectivity index (χ0) is 21.2. The lowest BCUT2D eigenvalue weighted by Gasteiger charge is -2.26. The summed E-state index contributed by atoms with van der Waals surface area (Å²) in [4.78, 5) is 16.9. The minimum absolute atomic E-state index is 0.101. The fraction of sp³-hybridized carbons (Fsp3) is 0.348. The molecular weight excluding hydrogens is 394 g/mol. The molecule has 1 saturated carbocycles. The number of anilines is 2. The molecule has 0 unspecified atom stereocenters. The fourth-order valence-electron chi connectivity index (χ4n) is 4.00. The molecule has 1 aliphatic rings. The molecule has 8 heteroatoms. The molecule has 0 bridgehead atoms. The second-order valence-corrected chi connectivity index (χ2v) is 7.91. The number of aliphatic hydroxyl groups is 1. The van der Waals surface area contributed by atoms with Gasteiger partial charge in [0, 0.05) is 24.4 Å². The number of rotatable bonds is 6. The van der Waals surface area contributed by atoms with E-state index in [2.05, 4.69) is 20.3 Å². The van der Waals surface area contributed by atoms with Crippen molar-refractivity contribution in [3.05, 3.63) is 48.4 Å². The van der Waals surface area contributed by atoms with Crippen LogP contribution in [0.3, 0.4) is 0 Å². The van der Waals surface area contributed by atoms with E-state index in [-0.39, 0.29) is 12.2 Å². The van der Waals surface area contributed by atoms with Crippen molar-refractivity contribution in [1.29, 1.82) is 0 Å². The average Bonchev–Trinajstić information content (AvgIpc) is 3.18. The molecule has 5 rings (SSSR count). The second-order valence-electron chi connectivity index (χ2n) is 7.91. The van der Waals surface area contributed by atoms with E-state index in [0.29, 0.717) is 12.6 Å². The number of nitrogens with zero attached hydrogens (tertiary/aromatic N) is 3. The summed E-state index contributed by atoms with van der Waals surface area (Å²) < 4.78 is 11.4. The third-order valence-corrected chi connectivity index (χ3v) is 5.58. The Balaban J connectivity index is 1.39. The minimum atomic E-state index is -0.205. The van der Waals surface area contributed by atoms with Crippen molar-refractivity contribution in [3.8, 4) is 5.75 Å². The maximum atomic E-state index is 9.74. The molecule has 2 aromatic carbocycles. The number of nitrogens with one attached hydrogen (secondary N) is 2. The Labute approximate surface area is 179 Å². The highest BCUT2D eigenvalue weighted by atomic mass is 16.5. The summed E-state index contributed by atoms with van der Waals surface area (Å²) in [6.07, 6.45) is 4.95. The first-order chi connectivity index (χ1) is 15.2. The molecule has 1 fully saturated rings. The van der Waals surface area contributed by atoms with Crippen LogP contribution in [-0.4, -0.2) is 44.4 Å². The molecular formula is C23H25N5O3. The number of aromatic nitrogens is 4. The van der Waals surface area contributed by atoms with Crippen molar-refractivity contribution in [3.63, 3.8) is 0 Å². The first-order valence-electron chi connectivity index (χ1n) is 10.5. The van der Waals surface area contributed by atoms with E-state index < -0.39 is 0 Å². The zero-order valence-electron chi connectivity index (χ0n) is 17.3. The van der Waals surface area contributed by atoms with E-state index in [1.165, 1.54) is 0 Å². The van der Waals surface area contributed by atoms with Crippen LogP contribution in [0.5, 0.6) is 5.75 Å². The van der Waals surface area contributed by atoms with Crippen molar-refractivity contribution in [1.82, 2.24) is 19.9 Å². The number of ether oxygens (including phenoxy) is 2. The van der Waals surface area contributed by atoms with Gasteiger partial charge in [-0.2, -0.15) is 0 Å². The lowest BCUT2D eigenvalue weighted by atomic mass is 9.95. The summed E-state index contributed by atoms with van der Waals surface area (Å²) in [7, 11) is 1.65. The Hall–Kier alpha value is -3.23. The van der Waals surface area contributed by atoms with E-state index in [4.69, 9.17) is 14.5 Å². The molecule has 0 atom stereocenters. The normalized spacial score (nSPS) is 19.0. The quantitative estimate of drug-likeness (QED) is 0.432. The third-order valence-electron chi connectivity index (χ3n) is 5.58. The molecule has 31 heavy (non-hydrogen) atoms. The van der Waals surface area contributed by atoms with Crippen LogP contribution in [0, 0.1) is 0 Å². The number of aliphatic hydroxyl groups excluding tert-OH is 1. The molecule has 2 aromatic heterocycles. The van der Waals surface area contributed by atoms with Gasteiger partial charge in [-0.1, -0.05) is 12.1 Å². The smallest absolute Gasteiger partial charge is 0.227 e. The Morgan fingerprint density at radius 3 is 2.84 bits per heavy atom. The molecule has 0 radical (unpaired) electrons. The van der Waals surface area contributed by atoms with E-state index in [0.717, 1.165) is 64.9 Å². The highest BCUT2D eigenvalue weighted by Crippen LogP contribution is 2.29. The van der Waals surface area contributed by atoms with Crippen molar-refractivity contribution in [2.45, 2.75) is 44.5 Å². The SMILES string of the molecule is COCc1nc2ccc(Nc3ncc4cccc(O[C@H]5CC[C@@H](O)CC5)c4n3)cc2[nH]1. The van der Waals surface area contributed by atoms with Crippen LogP contribution in [0.25, 0.3) is 21.9 Å². The molecule has 8 nitrogen and oxygen atoms in total. The topological polar surface area (TPSA) is 105 Å². The number of aromatic amines is 1. The number of imidazole rings is 1. The van der Waals surface area contributed by atoms with Gasteiger partial charge in [0.2, 0.25) is 5.95 Å². The van der Waals surface area contributed by atoms with E-state index in [9.17, 15) is 5.11 Å². The van der Waals surface area contributed by atoms with E-state index in [1.807, 2.05) is 36.4 Å². The molecule has 0 spiro atoms. The highest BCUT2D eigenvalue weighted by molar-refractivity contribution is 5.85. The van der Waals surface area contributed by atoms with E-state index >= 15 is 0 Å². The van der Waals surface area contributed by atoms with Crippen LogP contribution in [0.2, 0.25) is 0 Å². The molecule has 0 saturated heterocycles. The van der Waals surface area contributed by atoms with Crippen LogP contribution in [0.1, 0.15) is 31.5 Å². The highest BCUT2D eigenvalue weighted by Gasteiger charge is 2.21. The predicted octanol–water partition coefficient (Wildman–Crippen LogP) is 4.08. The van der Waals surface area contributed by atoms with Gasteiger partial charge < -0.3 is 24.9 Å². The molecule has 0 amide bonds. The number of H-pyrrole nitrogens is 1. The molecule has 2 heterocycles. The number of methoxy groups -OCH3 is 1. The first kappa shape index (κ1) is 19.7. The largest absolute Gasteiger partial charge is 0.488 e. The summed E-state index contributed by atoms with van der Waals surface area (Å²) in [6, 6.07) is 11.7. The zero-order valence-corrected chi connectivity index (χ0v) is 17.3. The van der Waals surface area contributed by atoms with Crippen LogP contribution < -0.4 is 10.1 Å². The molecule has 3 N–H and O–H groups in total. The van der Waals surface area contributed by atoms with Crippen LogP contribution in [0.4, 0.5) is 11.6 Å². The van der Waals surface area contributed by atoms with Gasteiger partial charge in [0.15, 0.2) is 0 Å². The minimum Gasteiger partial charge on any atom is -0.488 e. The summed E-state index contributed by atoms with van der Waals surface area (Å²) in [5.41, 5.74) is 3.43. The first-order valence-corrected chi connectivity index (χ1v) is 10.5. The lowest BCUT2D eigenvalue weighted by molar-refractivity contribution is 0.0672. The van der Waals surface area contributed by atoms with E-state index in [1.54, 1.807) is 13.3 Å². The number of para-hydroxylation sites is 1. The van der Waals surface area contributed by atoms with Gasteiger partial charge in [0.05, 0.1) is 23.2 Å². The number of hydrogen-bond acceptors (Lipinski definition) is 7. The average molecular weight is 419 g/mol. The molecule has 160 valence electrons. The van der Waals surface area contributed by atoms with Gasteiger partial charge in [0.1, 0.15) is 23.7 Å². The summed E-state index contributed by atoms with van der Waals surface area (Å²) in [5.74, 6) is 2.03. The van der Waals surface area contributed by atoms with Crippen LogP contribution >= 0.6 is 0 Å². The second kappa shape index (κ2) is 8.49. The maximum Gasteiger partial charge on any atom is 0.227 e. The Bertz CT molecular complexity index is 1200. The number of benzene rings is 2. The van der Waals surface area contributed by atoms with Crippen LogP contribution in [0.15, 0.2) is 42.6 Å². The van der Waals surface area contributed by atoms with Gasteiger partial charge in [-0.3, -0.25) is 0 Å². The van der Waals surface area contributed by atoms with Gasteiger partial charge in [-0.15, -0.1) is 0 Å². The van der Waals surface area contributed by atoms with Crippen molar-refractivity contribution in [2.24, 2.45) is 0 Å². The third kappa shape index (κ3) is 4.30. The predicted molar refractivity (Wildman–Crippen MR) is 119 cm³/mol. The van der Waals surface area contributed by atoms with Gasteiger partial charge in [0.25, 0.3) is 0 Å². The molecule has 0 aliphatic heterocycles. The van der Waals surface area contributed by atoms with Crippen molar-refractivity contribution in [2.75, 3.05) is 12.4 Å². The summed E-state index contributed by atoms with van der Waals surface area (Å²) >= 11 is 0. The fourth-order valence-corrected chi connectivity index (χ4v) is 4.00. The Morgan fingerprint density at radius 1 is 1.13 bits per heavy atom. The standard InChI is InChI=1S/C23H25N5O3/c1-30-13-21-26-18-10-5-15(11-19(18)27-21)25-23-24-12-14-3-2-4-20(22(14)28-23)31-17-8-6-16(29)7-9-17/h2-5,10-12,16-17,29H,6-9,13H2,1H3,(H,26,27)(H,24,25,28)/t16-,17+. The van der Waals surface area contributed by atoms with Gasteiger partial charge in [-0.25, -0.2) is 15.0 Å². The monoisotopic (exact) mass is 419 g/mol. The van der Waals surface area contributed by atoms with Gasteiger partial charge >= 0.3 is 0 Å². The Kier molecular flexibility index (Phi) is 5.40. The lowest BCUT2D eigenvalue weighted by Crippen LogP contribution is -2.26. The van der Waals surface area contributed by atoms with Gasteiger partial charge in [-0.05, 0) is 49.9 Å². The maximum absolute atomic E-state index is 9.74. The van der Waals surface area contributed by atoms with Crippen molar-refractivity contribution >= 4 is 33.6 Å². The molecule has 4 aromatic rings. The Morgan fingerprint density at radius 2 is 2.00 bits per heavy atom. The molecule has 1 aliphatic carbocycles. The number of fused-ring (bicyclic) bond motifs is 2.